The molecule has 3 rings (SSSR count). The number of nitrogens with zero attached hydrogens (tertiary/aromatic N) is 1. The van der Waals surface area contributed by atoms with Crippen LogP contribution in [-0.4, -0.2) is 18.1 Å². The van der Waals surface area contributed by atoms with E-state index in [0.717, 1.165) is 11.1 Å². The van der Waals surface area contributed by atoms with Gasteiger partial charge in [-0.3, -0.25) is 0 Å². The summed E-state index contributed by atoms with van der Waals surface area (Å²) in [5, 5.41) is 0. The number of cyclic esters (lactones) is 1. The van der Waals surface area contributed by atoms with Crippen LogP contribution >= 0.6 is 0 Å². The Morgan fingerprint density at radius 3 is 2.24 bits per heavy atom. The van der Waals surface area contributed by atoms with Crippen LogP contribution in [0, 0.1) is 0 Å². The van der Waals surface area contributed by atoms with E-state index in [1.807, 2.05) is 60.7 Å². The molecule has 2 aromatic carbocycles. The third-order valence-corrected chi connectivity index (χ3v) is 3.20. The summed E-state index contributed by atoms with van der Waals surface area (Å²) in [4.78, 5) is 16.0. The third-order valence-electron chi connectivity index (χ3n) is 3.20. The Bertz CT molecular complexity index is 638. The van der Waals surface area contributed by atoms with Gasteiger partial charge in [-0.05, 0) is 11.1 Å². The first-order valence-electron chi connectivity index (χ1n) is 6.81. The molecule has 0 aliphatic carbocycles. The average molecular weight is 281 g/mol. The number of ether oxygens (including phenoxy) is 2. The molecule has 21 heavy (non-hydrogen) atoms. The van der Waals surface area contributed by atoms with E-state index in [-0.39, 0.29) is 12.1 Å². The summed E-state index contributed by atoms with van der Waals surface area (Å²) in [6.07, 6.45) is 0.586. The molecular weight excluding hydrogens is 266 g/mol. The van der Waals surface area contributed by atoms with Crippen LogP contribution in [0.25, 0.3) is 0 Å². The van der Waals surface area contributed by atoms with Crippen molar-refractivity contribution in [1.29, 1.82) is 0 Å². The van der Waals surface area contributed by atoms with Crippen LogP contribution in [0.2, 0.25) is 0 Å². The summed E-state index contributed by atoms with van der Waals surface area (Å²) in [7, 11) is 0. The van der Waals surface area contributed by atoms with Crippen molar-refractivity contribution in [2.45, 2.75) is 19.1 Å². The molecule has 1 heterocycles. The minimum absolute atomic E-state index is 0.0600. The summed E-state index contributed by atoms with van der Waals surface area (Å²) in [6.45, 7) is 0.338. The summed E-state index contributed by atoms with van der Waals surface area (Å²) < 4.78 is 10.5. The van der Waals surface area contributed by atoms with Crippen molar-refractivity contribution in [3.8, 4) is 0 Å². The number of carbonyl (C=O) groups is 1. The minimum atomic E-state index is -0.516. The van der Waals surface area contributed by atoms with Gasteiger partial charge in [0, 0.05) is 6.42 Å². The molecule has 4 heteroatoms. The van der Waals surface area contributed by atoms with Gasteiger partial charge in [0.1, 0.15) is 6.61 Å². The zero-order chi connectivity index (χ0) is 14.5. The molecule has 1 aliphatic rings. The Morgan fingerprint density at radius 2 is 1.57 bits per heavy atom. The van der Waals surface area contributed by atoms with Crippen molar-refractivity contribution in [3.63, 3.8) is 0 Å². The first-order chi connectivity index (χ1) is 10.3. The van der Waals surface area contributed by atoms with E-state index in [9.17, 15) is 4.79 Å². The predicted molar refractivity (Wildman–Crippen MR) is 78.7 cm³/mol. The monoisotopic (exact) mass is 281 g/mol. The number of hydrogen-bond acceptors (Lipinski definition) is 4. The lowest BCUT2D eigenvalue weighted by molar-refractivity contribution is -0.136. The largest absolute Gasteiger partial charge is 0.445 e. The van der Waals surface area contributed by atoms with E-state index in [4.69, 9.17) is 9.47 Å². The van der Waals surface area contributed by atoms with Crippen molar-refractivity contribution in [1.82, 2.24) is 0 Å². The smallest absolute Gasteiger partial charge is 0.392 e. The predicted octanol–water partition coefficient (Wildman–Crippen LogP) is 2.73. The van der Waals surface area contributed by atoms with Gasteiger partial charge in [0.15, 0.2) is 6.04 Å². The quantitative estimate of drug-likeness (QED) is 0.810. The fourth-order valence-electron chi connectivity index (χ4n) is 2.11. The fraction of sp³-hybridized carbons (Fsp3) is 0.176. The molecule has 1 atom stereocenters. The van der Waals surface area contributed by atoms with Crippen LogP contribution < -0.4 is 0 Å². The first-order valence-corrected chi connectivity index (χ1v) is 6.81. The highest BCUT2D eigenvalue weighted by atomic mass is 16.7. The molecule has 0 aromatic heterocycles. The van der Waals surface area contributed by atoms with Crippen molar-refractivity contribution >= 4 is 12.1 Å². The molecule has 4 nitrogen and oxygen atoms in total. The maximum atomic E-state index is 11.8. The normalized spacial score (nSPS) is 17.2. The molecule has 1 aliphatic heterocycles. The van der Waals surface area contributed by atoms with E-state index in [2.05, 4.69) is 4.99 Å². The van der Waals surface area contributed by atoms with Crippen molar-refractivity contribution in [2.24, 2.45) is 4.99 Å². The highest BCUT2D eigenvalue weighted by Gasteiger charge is 2.30. The van der Waals surface area contributed by atoms with Crippen molar-refractivity contribution in [3.05, 3.63) is 71.8 Å². The van der Waals surface area contributed by atoms with E-state index < -0.39 is 6.04 Å². The second-order valence-corrected chi connectivity index (χ2v) is 4.80. The van der Waals surface area contributed by atoms with Gasteiger partial charge in [-0.25, -0.2) is 9.79 Å². The van der Waals surface area contributed by atoms with E-state index in [1.165, 1.54) is 0 Å². The molecule has 0 saturated heterocycles. The van der Waals surface area contributed by atoms with Crippen molar-refractivity contribution < 1.29 is 14.3 Å². The summed E-state index contributed by atoms with van der Waals surface area (Å²) >= 11 is 0. The van der Waals surface area contributed by atoms with Crippen LogP contribution in [0.5, 0.6) is 0 Å². The molecule has 0 radical (unpaired) electrons. The van der Waals surface area contributed by atoms with Gasteiger partial charge < -0.3 is 9.47 Å². The Kier molecular flexibility index (Phi) is 3.96. The molecule has 0 spiro atoms. The molecule has 0 fully saturated rings. The van der Waals surface area contributed by atoms with Crippen LogP contribution in [0.1, 0.15) is 11.1 Å². The zero-order valence-electron chi connectivity index (χ0n) is 11.4. The Morgan fingerprint density at radius 1 is 0.952 bits per heavy atom. The van der Waals surface area contributed by atoms with Crippen LogP contribution in [0.4, 0.5) is 0 Å². The SMILES string of the molecule is O=C1OC(OCc2ccccc2)=NC1Cc1ccccc1. The summed E-state index contributed by atoms with van der Waals surface area (Å²) in [6, 6.07) is 18.9. The van der Waals surface area contributed by atoms with Gasteiger partial charge in [0.25, 0.3) is 0 Å². The van der Waals surface area contributed by atoms with Gasteiger partial charge in [-0.2, -0.15) is 0 Å². The topological polar surface area (TPSA) is 47.9 Å². The molecule has 106 valence electrons. The number of hydrogen-bond donors (Lipinski definition) is 0. The number of benzene rings is 2. The second kappa shape index (κ2) is 6.22. The van der Waals surface area contributed by atoms with Crippen LogP contribution in [0.3, 0.4) is 0 Å². The number of rotatable bonds is 4. The minimum Gasteiger partial charge on any atom is -0.445 e. The summed E-state index contributed by atoms with van der Waals surface area (Å²) in [5.41, 5.74) is 2.05. The lowest BCUT2D eigenvalue weighted by atomic mass is 10.1. The molecule has 0 bridgehead atoms. The van der Waals surface area contributed by atoms with Gasteiger partial charge >= 0.3 is 12.1 Å². The van der Waals surface area contributed by atoms with E-state index in [1.54, 1.807) is 0 Å². The van der Waals surface area contributed by atoms with Crippen molar-refractivity contribution in [2.75, 3.05) is 0 Å². The lowest BCUT2D eigenvalue weighted by Gasteiger charge is -2.03. The number of esters is 1. The van der Waals surface area contributed by atoms with Gasteiger partial charge in [0.2, 0.25) is 0 Å². The maximum absolute atomic E-state index is 11.8. The molecular formula is C17H15NO3. The molecule has 0 amide bonds. The van der Waals surface area contributed by atoms with Gasteiger partial charge in [-0.1, -0.05) is 60.7 Å². The standard InChI is InChI=1S/C17H15NO3/c19-16-15(11-13-7-3-1-4-8-13)18-17(21-16)20-12-14-9-5-2-6-10-14/h1-10,15H,11-12H2. The summed E-state index contributed by atoms with van der Waals surface area (Å²) in [5.74, 6) is -0.359. The average Bonchev–Trinajstić information content (AvgIpc) is 2.87. The van der Waals surface area contributed by atoms with E-state index >= 15 is 0 Å². The maximum Gasteiger partial charge on any atom is 0.392 e. The van der Waals surface area contributed by atoms with Crippen LogP contribution in [-0.2, 0) is 27.3 Å². The molecule has 0 N–H and O–H groups in total. The third kappa shape index (κ3) is 3.48. The number of carbonyl (C=O) groups excluding carboxylic acids is 1. The van der Waals surface area contributed by atoms with E-state index in [0.29, 0.717) is 13.0 Å². The fourth-order valence-corrected chi connectivity index (χ4v) is 2.11. The van der Waals surface area contributed by atoms with Gasteiger partial charge in [0.05, 0.1) is 0 Å². The number of aliphatic imine (C=N–C) groups is 1. The Labute approximate surface area is 123 Å². The zero-order valence-corrected chi connectivity index (χ0v) is 11.4. The van der Waals surface area contributed by atoms with Crippen LogP contribution in [0.15, 0.2) is 65.7 Å². The second-order valence-electron chi connectivity index (χ2n) is 4.80. The lowest BCUT2D eigenvalue weighted by Crippen LogP contribution is -2.17. The Balaban J connectivity index is 1.60. The Hall–Kier alpha value is -2.62. The highest BCUT2D eigenvalue weighted by molar-refractivity contribution is 5.93. The molecule has 2 aromatic rings. The first kappa shape index (κ1) is 13.4. The highest BCUT2D eigenvalue weighted by Crippen LogP contribution is 2.14. The molecule has 0 saturated carbocycles. The molecule has 1 unspecified atom stereocenters. The van der Waals surface area contributed by atoms with Gasteiger partial charge in [-0.15, -0.1) is 0 Å².